The SMILES string of the molecule is Nc1ccc(F)cc1O[C@@H]1C[C@@H]2OCO[C@@H]2C1. The van der Waals surface area contributed by atoms with E-state index >= 15 is 0 Å². The fourth-order valence-corrected chi connectivity index (χ4v) is 2.37. The summed E-state index contributed by atoms with van der Waals surface area (Å²) in [5.74, 6) is 0.0508. The van der Waals surface area contributed by atoms with Crippen molar-refractivity contribution in [1.82, 2.24) is 0 Å². The van der Waals surface area contributed by atoms with Crippen LogP contribution in [0.2, 0.25) is 0 Å². The molecule has 1 aromatic rings. The number of nitrogen functional groups attached to an aromatic ring is 1. The van der Waals surface area contributed by atoms with E-state index in [9.17, 15) is 4.39 Å². The Labute approximate surface area is 98.5 Å². The molecule has 3 atom stereocenters. The summed E-state index contributed by atoms with van der Waals surface area (Å²) >= 11 is 0. The van der Waals surface area contributed by atoms with Crippen molar-refractivity contribution in [2.24, 2.45) is 0 Å². The minimum absolute atomic E-state index is 0.0191. The molecular weight excluding hydrogens is 225 g/mol. The molecular formula is C12H14FNO3. The average Bonchev–Trinajstić information content (AvgIpc) is 2.83. The van der Waals surface area contributed by atoms with Crippen LogP contribution in [-0.2, 0) is 9.47 Å². The van der Waals surface area contributed by atoms with Crippen LogP contribution in [0.3, 0.4) is 0 Å². The molecule has 2 fully saturated rings. The van der Waals surface area contributed by atoms with Crippen LogP contribution < -0.4 is 10.5 Å². The Morgan fingerprint density at radius 3 is 2.65 bits per heavy atom. The molecule has 2 N–H and O–H groups in total. The molecule has 1 saturated carbocycles. The predicted molar refractivity (Wildman–Crippen MR) is 59.1 cm³/mol. The van der Waals surface area contributed by atoms with E-state index in [0.717, 1.165) is 12.8 Å². The smallest absolute Gasteiger partial charge is 0.147 e. The van der Waals surface area contributed by atoms with E-state index in [1.54, 1.807) is 0 Å². The van der Waals surface area contributed by atoms with Crippen LogP contribution in [0.5, 0.6) is 5.75 Å². The fraction of sp³-hybridized carbons (Fsp3) is 0.500. The minimum atomic E-state index is -0.347. The normalized spacial score (nSPS) is 31.5. The summed E-state index contributed by atoms with van der Waals surface area (Å²) in [6.07, 6.45) is 1.72. The van der Waals surface area contributed by atoms with Crippen LogP contribution in [-0.4, -0.2) is 25.1 Å². The molecule has 1 heterocycles. The molecule has 92 valence electrons. The van der Waals surface area contributed by atoms with Crippen LogP contribution in [0.25, 0.3) is 0 Å². The molecule has 0 amide bonds. The monoisotopic (exact) mass is 239 g/mol. The summed E-state index contributed by atoms with van der Waals surface area (Å²) in [7, 11) is 0. The Bertz CT molecular complexity index is 414. The highest BCUT2D eigenvalue weighted by Gasteiger charge is 2.40. The van der Waals surface area contributed by atoms with Gasteiger partial charge in [-0.2, -0.15) is 0 Å². The highest BCUT2D eigenvalue weighted by molar-refractivity contribution is 5.52. The summed E-state index contributed by atoms with van der Waals surface area (Å²) in [6, 6.07) is 4.14. The lowest BCUT2D eigenvalue weighted by Gasteiger charge is -2.15. The van der Waals surface area contributed by atoms with Gasteiger partial charge in [-0.05, 0) is 12.1 Å². The zero-order valence-corrected chi connectivity index (χ0v) is 9.27. The van der Waals surface area contributed by atoms with Gasteiger partial charge in [0.1, 0.15) is 24.5 Å². The highest BCUT2D eigenvalue weighted by Crippen LogP contribution is 2.34. The molecule has 1 aliphatic carbocycles. The van der Waals surface area contributed by atoms with Gasteiger partial charge in [0.15, 0.2) is 0 Å². The van der Waals surface area contributed by atoms with Crippen LogP contribution in [0, 0.1) is 5.82 Å². The average molecular weight is 239 g/mol. The van der Waals surface area contributed by atoms with Crippen molar-refractivity contribution >= 4 is 5.69 Å². The molecule has 0 bridgehead atoms. The molecule has 2 aliphatic rings. The van der Waals surface area contributed by atoms with Crippen LogP contribution in [0.4, 0.5) is 10.1 Å². The lowest BCUT2D eigenvalue weighted by Crippen LogP contribution is -2.15. The van der Waals surface area contributed by atoms with E-state index in [4.69, 9.17) is 19.9 Å². The molecule has 0 aromatic heterocycles. The van der Waals surface area contributed by atoms with Gasteiger partial charge in [-0.3, -0.25) is 0 Å². The summed E-state index contributed by atoms with van der Waals surface area (Å²) < 4.78 is 29.5. The van der Waals surface area contributed by atoms with Crippen LogP contribution >= 0.6 is 0 Å². The van der Waals surface area contributed by atoms with Crippen molar-refractivity contribution < 1.29 is 18.6 Å². The first-order valence-corrected chi connectivity index (χ1v) is 5.67. The lowest BCUT2D eigenvalue weighted by atomic mass is 10.2. The highest BCUT2D eigenvalue weighted by atomic mass is 19.1. The van der Waals surface area contributed by atoms with Gasteiger partial charge in [-0.25, -0.2) is 4.39 Å². The molecule has 0 spiro atoms. The van der Waals surface area contributed by atoms with Crippen LogP contribution in [0.1, 0.15) is 12.8 Å². The maximum Gasteiger partial charge on any atom is 0.147 e. The molecule has 3 rings (SSSR count). The number of hydrogen-bond donors (Lipinski definition) is 1. The zero-order chi connectivity index (χ0) is 11.8. The van der Waals surface area contributed by atoms with E-state index in [-0.39, 0.29) is 24.1 Å². The Morgan fingerprint density at radius 1 is 1.24 bits per heavy atom. The summed E-state index contributed by atoms with van der Waals surface area (Å²) in [6.45, 7) is 0.365. The standard InChI is InChI=1S/C12H14FNO3/c13-7-1-2-9(14)10(3-7)17-8-4-11-12(5-8)16-6-15-11/h1-3,8,11-12H,4-6,14H2/t8-,11+,12-. The van der Waals surface area contributed by atoms with Crippen molar-refractivity contribution in [2.75, 3.05) is 12.5 Å². The van der Waals surface area contributed by atoms with Crippen molar-refractivity contribution in [1.29, 1.82) is 0 Å². The number of fused-ring (bicyclic) bond motifs is 1. The molecule has 1 aliphatic heterocycles. The third-order valence-corrected chi connectivity index (χ3v) is 3.24. The molecule has 17 heavy (non-hydrogen) atoms. The maximum absolute atomic E-state index is 13.1. The van der Waals surface area contributed by atoms with Crippen molar-refractivity contribution in [3.05, 3.63) is 24.0 Å². The van der Waals surface area contributed by atoms with E-state index < -0.39 is 0 Å². The molecule has 4 nitrogen and oxygen atoms in total. The Kier molecular flexibility index (Phi) is 2.64. The number of ether oxygens (including phenoxy) is 3. The molecule has 0 unspecified atom stereocenters. The maximum atomic E-state index is 13.1. The summed E-state index contributed by atoms with van der Waals surface area (Å²) in [5, 5.41) is 0. The van der Waals surface area contributed by atoms with Crippen molar-refractivity contribution in [3.8, 4) is 5.75 Å². The van der Waals surface area contributed by atoms with Gasteiger partial charge in [0.2, 0.25) is 0 Å². The first kappa shape index (κ1) is 10.8. The second-order valence-electron chi connectivity index (χ2n) is 4.42. The molecule has 1 saturated heterocycles. The first-order valence-electron chi connectivity index (χ1n) is 5.67. The summed E-state index contributed by atoms with van der Waals surface area (Å²) in [5.41, 5.74) is 6.18. The quantitative estimate of drug-likeness (QED) is 0.798. The number of nitrogens with two attached hydrogens (primary N) is 1. The van der Waals surface area contributed by atoms with E-state index in [0.29, 0.717) is 18.2 Å². The van der Waals surface area contributed by atoms with Gasteiger partial charge in [0.05, 0.1) is 17.9 Å². The van der Waals surface area contributed by atoms with Gasteiger partial charge in [0, 0.05) is 18.9 Å². The minimum Gasteiger partial charge on any atom is -0.488 e. The first-order chi connectivity index (χ1) is 8.22. The van der Waals surface area contributed by atoms with Gasteiger partial charge in [-0.15, -0.1) is 0 Å². The lowest BCUT2D eigenvalue weighted by molar-refractivity contribution is 0.0123. The molecule has 5 heteroatoms. The van der Waals surface area contributed by atoms with Gasteiger partial charge < -0.3 is 19.9 Å². The van der Waals surface area contributed by atoms with Gasteiger partial charge >= 0.3 is 0 Å². The van der Waals surface area contributed by atoms with Crippen molar-refractivity contribution in [2.45, 2.75) is 31.2 Å². The number of rotatable bonds is 2. The molecule has 0 radical (unpaired) electrons. The second kappa shape index (κ2) is 4.16. The third kappa shape index (κ3) is 2.08. The van der Waals surface area contributed by atoms with Crippen LogP contribution in [0.15, 0.2) is 18.2 Å². The number of benzene rings is 1. The van der Waals surface area contributed by atoms with Gasteiger partial charge in [-0.1, -0.05) is 0 Å². The zero-order valence-electron chi connectivity index (χ0n) is 9.27. The van der Waals surface area contributed by atoms with E-state index in [1.165, 1.54) is 18.2 Å². The molecule has 1 aromatic carbocycles. The van der Waals surface area contributed by atoms with E-state index in [1.807, 2.05) is 0 Å². The largest absolute Gasteiger partial charge is 0.488 e. The Hall–Kier alpha value is -1.33. The third-order valence-electron chi connectivity index (χ3n) is 3.24. The predicted octanol–water partition coefficient (Wildman–Crippen LogP) is 1.69. The number of hydrogen-bond acceptors (Lipinski definition) is 4. The number of halogens is 1. The second-order valence-corrected chi connectivity index (χ2v) is 4.42. The Morgan fingerprint density at radius 2 is 1.94 bits per heavy atom. The Balaban J connectivity index is 1.69. The number of anilines is 1. The van der Waals surface area contributed by atoms with Crippen molar-refractivity contribution in [3.63, 3.8) is 0 Å². The summed E-state index contributed by atoms with van der Waals surface area (Å²) in [4.78, 5) is 0. The topological polar surface area (TPSA) is 53.7 Å². The van der Waals surface area contributed by atoms with E-state index in [2.05, 4.69) is 0 Å². The fourth-order valence-electron chi connectivity index (χ4n) is 2.37. The van der Waals surface area contributed by atoms with Gasteiger partial charge in [0.25, 0.3) is 0 Å².